The Bertz CT molecular complexity index is 189. The second-order valence-electron chi connectivity index (χ2n) is 4.70. The van der Waals surface area contributed by atoms with Gasteiger partial charge < -0.3 is 16.2 Å². The van der Waals surface area contributed by atoms with Crippen molar-refractivity contribution in [1.29, 1.82) is 0 Å². The lowest BCUT2D eigenvalue weighted by Gasteiger charge is -2.18. The van der Waals surface area contributed by atoms with Crippen molar-refractivity contribution in [3.63, 3.8) is 0 Å². The highest BCUT2D eigenvalue weighted by atomic mass is 35.5. The summed E-state index contributed by atoms with van der Waals surface area (Å²) in [6.07, 6.45) is 3.04. The summed E-state index contributed by atoms with van der Waals surface area (Å²) in [5.41, 5.74) is 5.33. The summed E-state index contributed by atoms with van der Waals surface area (Å²) in [7, 11) is 0. The molecule has 0 fully saturated rings. The molecule has 0 spiro atoms. The number of carbonyl (C=O) groups excluding carboxylic acids is 1. The van der Waals surface area contributed by atoms with E-state index in [1.807, 2.05) is 0 Å². The van der Waals surface area contributed by atoms with Gasteiger partial charge in [-0.2, -0.15) is 0 Å². The molecule has 104 valence electrons. The smallest absolute Gasteiger partial charge is 0.220 e. The number of hydrogen-bond donors (Lipinski definition) is 3. The minimum absolute atomic E-state index is 0. The third-order valence-corrected chi connectivity index (χ3v) is 2.54. The first-order chi connectivity index (χ1) is 7.60. The summed E-state index contributed by atoms with van der Waals surface area (Å²) in [5, 5.41) is 11.8. The number of hydrogen-bond acceptors (Lipinski definition) is 3. The standard InChI is InChI=1S/C12H26N2O2.ClH/c1-10(2)8-11(5-7-15)9-14-12(16)4-3-6-13;/h10-11,15H,3-9,13H2,1-2H3,(H,14,16);1H. The Hall–Kier alpha value is -0.320. The van der Waals surface area contributed by atoms with Gasteiger partial charge in [-0.3, -0.25) is 4.79 Å². The average Bonchev–Trinajstić information content (AvgIpc) is 2.22. The van der Waals surface area contributed by atoms with Gasteiger partial charge in [-0.15, -0.1) is 12.4 Å². The summed E-state index contributed by atoms with van der Waals surface area (Å²) in [4.78, 5) is 11.4. The lowest BCUT2D eigenvalue weighted by Crippen LogP contribution is -2.30. The lowest BCUT2D eigenvalue weighted by molar-refractivity contribution is -0.121. The Kier molecular flexibility index (Phi) is 13.6. The molecule has 0 aliphatic rings. The molecule has 0 saturated carbocycles. The van der Waals surface area contributed by atoms with Gasteiger partial charge in [-0.25, -0.2) is 0 Å². The fraction of sp³-hybridized carbons (Fsp3) is 0.917. The summed E-state index contributed by atoms with van der Waals surface area (Å²) in [5.74, 6) is 1.04. The maximum Gasteiger partial charge on any atom is 0.220 e. The van der Waals surface area contributed by atoms with Crippen LogP contribution in [-0.4, -0.2) is 30.7 Å². The number of aliphatic hydroxyl groups is 1. The molecule has 5 heteroatoms. The molecule has 0 aliphatic heterocycles. The summed E-state index contributed by atoms with van der Waals surface area (Å²) in [6, 6.07) is 0. The highest BCUT2D eigenvalue weighted by molar-refractivity contribution is 5.85. The molecule has 0 bridgehead atoms. The van der Waals surface area contributed by atoms with E-state index in [0.29, 0.717) is 31.3 Å². The van der Waals surface area contributed by atoms with Gasteiger partial charge in [0, 0.05) is 19.6 Å². The van der Waals surface area contributed by atoms with Crippen molar-refractivity contribution in [2.24, 2.45) is 17.6 Å². The predicted molar refractivity (Wildman–Crippen MR) is 73.2 cm³/mol. The zero-order valence-electron chi connectivity index (χ0n) is 10.9. The van der Waals surface area contributed by atoms with E-state index >= 15 is 0 Å². The highest BCUT2D eigenvalue weighted by Crippen LogP contribution is 2.14. The van der Waals surface area contributed by atoms with Gasteiger partial charge in [0.1, 0.15) is 0 Å². The third-order valence-electron chi connectivity index (χ3n) is 2.54. The lowest BCUT2D eigenvalue weighted by atomic mass is 9.94. The maximum absolute atomic E-state index is 11.4. The maximum atomic E-state index is 11.4. The molecule has 4 N–H and O–H groups in total. The van der Waals surface area contributed by atoms with Crippen LogP contribution in [0.25, 0.3) is 0 Å². The minimum Gasteiger partial charge on any atom is -0.396 e. The van der Waals surface area contributed by atoms with E-state index in [0.717, 1.165) is 19.3 Å². The molecule has 0 aromatic rings. The van der Waals surface area contributed by atoms with E-state index in [9.17, 15) is 4.79 Å². The van der Waals surface area contributed by atoms with Crippen molar-refractivity contribution in [2.75, 3.05) is 19.7 Å². The molecule has 1 unspecified atom stereocenters. The van der Waals surface area contributed by atoms with Crippen LogP contribution >= 0.6 is 12.4 Å². The molecule has 0 aromatic heterocycles. The largest absolute Gasteiger partial charge is 0.396 e. The van der Waals surface area contributed by atoms with Crippen LogP contribution in [0.1, 0.15) is 39.5 Å². The summed E-state index contributed by atoms with van der Waals surface area (Å²) >= 11 is 0. The Labute approximate surface area is 111 Å². The molecule has 0 aliphatic carbocycles. The van der Waals surface area contributed by atoms with Gasteiger partial charge in [0.25, 0.3) is 0 Å². The topological polar surface area (TPSA) is 75.3 Å². The van der Waals surface area contributed by atoms with Crippen LogP contribution in [-0.2, 0) is 4.79 Å². The van der Waals surface area contributed by atoms with Crippen molar-refractivity contribution < 1.29 is 9.90 Å². The van der Waals surface area contributed by atoms with Gasteiger partial charge in [0.15, 0.2) is 0 Å². The van der Waals surface area contributed by atoms with Crippen LogP contribution in [0.3, 0.4) is 0 Å². The molecule has 0 radical (unpaired) electrons. The normalized spacial score (nSPS) is 12.1. The van der Waals surface area contributed by atoms with Crippen LogP contribution in [0, 0.1) is 11.8 Å². The van der Waals surface area contributed by atoms with Crippen molar-refractivity contribution in [1.82, 2.24) is 5.32 Å². The fourth-order valence-electron chi connectivity index (χ4n) is 1.76. The molecular formula is C12H27ClN2O2. The first-order valence-corrected chi connectivity index (χ1v) is 6.17. The Morgan fingerprint density at radius 1 is 1.41 bits per heavy atom. The quantitative estimate of drug-likeness (QED) is 0.589. The zero-order chi connectivity index (χ0) is 12.4. The van der Waals surface area contributed by atoms with E-state index in [1.165, 1.54) is 0 Å². The molecule has 17 heavy (non-hydrogen) atoms. The van der Waals surface area contributed by atoms with Gasteiger partial charge in [0.2, 0.25) is 5.91 Å². The average molecular weight is 267 g/mol. The third kappa shape index (κ3) is 11.9. The van der Waals surface area contributed by atoms with Gasteiger partial charge >= 0.3 is 0 Å². The van der Waals surface area contributed by atoms with Crippen molar-refractivity contribution in [3.05, 3.63) is 0 Å². The SMILES string of the molecule is CC(C)CC(CCO)CNC(=O)CCCN.Cl. The number of carbonyl (C=O) groups is 1. The van der Waals surface area contributed by atoms with E-state index in [2.05, 4.69) is 19.2 Å². The number of halogens is 1. The number of nitrogens with one attached hydrogen (secondary N) is 1. The number of rotatable bonds is 9. The summed E-state index contributed by atoms with van der Waals surface area (Å²) in [6.45, 7) is 5.72. The van der Waals surface area contributed by atoms with Crippen LogP contribution in [0.15, 0.2) is 0 Å². The Balaban J connectivity index is 0. The Morgan fingerprint density at radius 2 is 2.06 bits per heavy atom. The molecule has 0 saturated heterocycles. The summed E-state index contributed by atoms with van der Waals surface area (Å²) < 4.78 is 0. The molecule has 4 nitrogen and oxygen atoms in total. The fourth-order valence-corrected chi connectivity index (χ4v) is 1.76. The van der Waals surface area contributed by atoms with Crippen LogP contribution < -0.4 is 11.1 Å². The van der Waals surface area contributed by atoms with Gasteiger partial charge in [-0.05, 0) is 37.6 Å². The van der Waals surface area contributed by atoms with E-state index < -0.39 is 0 Å². The number of nitrogens with two attached hydrogens (primary N) is 1. The molecule has 1 atom stereocenters. The molecule has 1 amide bonds. The van der Waals surface area contributed by atoms with E-state index in [-0.39, 0.29) is 24.9 Å². The first-order valence-electron chi connectivity index (χ1n) is 6.17. The number of aliphatic hydroxyl groups excluding tert-OH is 1. The second-order valence-corrected chi connectivity index (χ2v) is 4.70. The highest BCUT2D eigenvalue weighted by Gasteiger charge is 2.11. The van der Waals surface area contributed by atoms with E-state index in [4.69, 9.17) is 10.8 Å². The molecule has 0 rings (SSSR count). The number of amides is 1. The molecule has 0 heterocycles. The van der Waals surface area contributed by atoms with Gasteiger partial charge in [0.05, 0.1) is 0 Å². The van der Waals surface area contributed by atoms with Gasteiger partial charge in [-0.1, -0.05) is 13.8 Å². The van der Waals surface area contributed by atoms with Crippen molar-refractivity contribution >= 4 is 18.3 Å². The zero-order valence-corrected chi connectivity index (χ0v) is 11.8. The minimum atomic E-state index is 0. The predicted octanol–water partition coefficient (Wildman–Crippen LogP) is 1.31. The van der Waals surface area contributed by atoms with E-state index in [1.54, 1.807) is 0 Å². The van der Waals surface area contributed by atoms with Crippen molar-refractivity contribution in [2.45, 2.75) is 39.5 Å². The van der Waals surface area contributed by atoms with Crippen molar-refractivity contribution in [3.8, 4) is 0 Å². The Morgan fingerprint density at radius 3 is 2.53 bits per heavy atom. The second kappa shape index (κ2) is 12.1. The molecule has 0 aromatic carbocycles. The van der Waals surface area contributed by atoms with Crippen LogP contribution in [0.4, 0.5) is 0 Å². The monoisotopic (exact) mass is 266 g/mol. The van der Waals surface area contributed by atoms with Crippen LogP contribution in [0.5, 0.6) is 0 Å². The first kappa shape index (κ1) is 19.0. The van der Waals surface area contributed by atoms with Crippen LogP contribution in [0.2, 0.25) is 0 Å². The molecular weight excluding hydrogens is 240 g/mol.